The van der Waals surface area contributed by atoms with Crippen LogP contribution in [0, 0.1) is 13.8 Å². The van der Waals surface area contributed by atoms with Gasteiger partial charge in [-0.25, -0.2) is 14.6 Å². The van der Waals surface area contributed by atoms with Crippen LogP contribution >= 0.6 is 0 Å². The summed E-state index contributed by atoms with van der Waals surface area (Å²) < 4.78 is 1.76. The van der Waals surface area contributed by atoms with Gasteiger partial charge >= 0.3 is 0 Å². The molecule has 0 spiro atoms. The number of anilines is 4. The van der Waals surface area contributed by atoms with Gasteiger partial charge in [-0.2, -0.15) is 5.10 Å². The van der Waals surface area contributed by atoms with Crippen molar-refractivity contribution < 1.29 is 4.79 Å². The SMILES string of the molecule is CCN(CC)c1cc(Nc2ccc(NC(=O)c3cnn(-c4ccccc4)c3C)cc2)nc(C)n1. The van der Waals surface area contributed by atoms with Crippen LogP contribution in [0.4, 0.5) is 23.0 Å². The molecule has 174 valence electrons. The predicted octanol–water partition coefficient (Wildman–Crippen LogP) is 5.12. The van der Waals surface area contributed by atoms with Crippen LogP contribution in [0.2, 0.25) is 0 Å². The second-order valence-corrected chi connectivity index (χ2v) is 7.88. The number of para-hydroxylation sites is 1. The summed E-state index contributed by atoms with van der Waals surface area (Å²) in [5.74, 6) is 2.14. The van der Waals surface area contributed by atoms with Gasteiger partial charge in [0.2, 0.25) is 0 Å². The maximum absolute atomic E-state index is 12.8. The van der Waals surface area contributed by atoms with Gasteiger partial charge in [0.15, 0.2) is 0 Å². The van der Waals surface area contributed by atoms with Gasteiger partial charge in [-0.1, -0.05) is 18.2 Å². The highest BCUT2D eigenvalue weighted by atomic mass is 16.1. The van der Waals surface area contributed by atoms with E-state index in [1.165, 1.54) is 0 Å². The highest BCUT2D eigenvalue weighted by Gasteiger charge is 2.15. The third-order valence-corrected chi connectivity index (χ3v) is 5.58. The minimum Gasteiger partial charge on any atom is -0.357 e. The lowest BCUT2D eigenvalue weighted by molar-refractivity contribution is 0.102. The van der Waals surface area contributed by atoms with E-state index in [-0.39, 0.29) is 5.91 Å². The average Bonchev–Trinajstić information content (AvgIpc) is 3.23. The van der Waals surface area contributed by atoms with E-state index in [9.17, 15) is 4.79 Å². The summed E-state index contributed by atoms with van der Waals surface area (Å²) in [4.78, 5) is 24.1. The predicted molar refractivity (Wildman–Crippen MR) is 136 cm³/mol. The molecule has 0 bridgehead atoms. The smallest absolute Gasteiger partial charge is 0.259 e. The number of amides is 1. The molecule has 2 aromatic carbocycles. The van der Waals surface area contributed by atoms with Crippen molar-refractivity contribution in [3.05, 3.63) is 83.9 Å². The third kappa shape index (κ3) is 5.06. The maximum Gasteiger partial charge on any atom is 0.259 e. The van der Waals surface area contributed by atoms with Crippen molar-refractivity contribution in [2.75, 3.05) is 28.6 Å². The first-order valence-corrected chi connectivity index (χ1v) is 11.4. The number of hydrogen-bond donors (Lipinski definition) is 2. The molecule has 1 amide bonds. The van der Waals surface area contributed by atoms with Crippen molar-refractivity contribution in [2.24, 2.45) is 0 Å². The lowest BCUT2D eigenvalue weighted by Gasteiger charge is -2.20. The summed E-state index contributed by atoms with van der Waals surface area (Å²) in [6.07, 6.45) is 1.60. The highest BCUT2D eigenvalue weighted by Crippen LogP contribution is 2.22. The Kier molecular flexibility index (Phi) is 6.87. The summed E-state index contributed by atoms with van der Waals surface area (Å²) in [6, 6.07) is 19.2. The molecule has 0 saturated carbocycles. The normalized spacial score (nSPS) is 10.7. The lowest BCUT2D eigenvalue weighted by atomic mass is 10.2. The molecular formula is C26H29N7O. The molecule has 2 aromatic heterocycles. The standard InChI is InChI=1S/C26H29N7O/c1-5-32(6-2)25-16-24(28-19(4)29-25)30-20-12-14-21(15-13-20)31-26(34)23-17-27-33(18(23)3)22-10-8-7-9-11-22/h7-17H,5-6H2,1-4H3,(H,31,34)(H,28,29,30). The maximum atomic E-state index is 12.8. The molecule has 2 N–H and O–H groups in total. The summed E-state index contributed by atoms with van der Waals surface area (Å²) >= 11 is 0. The number of nitrogens with one attached hydrogen (secondary N) is 2. The fourth-order valence-corrected chi connectivity index (χ4v) is 3.77. The Hall–Kier alpha value is -4.20. The molecule has 0 aliphatic rings. The molecule has 0 unspecified atom stereocenters. The summed E-state index contributed by atoms with van der Waals surface area (Å²) in [5, 5.41) is 10.7. The molecule has 4 aromatic rings. The van der Waals surface area contributed by atoms with Crippen LogP contribution in [-0.4, -0.2) is 38.7 Å². The zero-order chi connectivity index (χ0) is 24.1. The number of carbonyl (C=O) groups is 1. The zero-order valence-electron chi connectivity index (χ0n) is 19.9. The van der Waals surface area contributed by atoms with Crippen LogP contribution in [0.5, 0.6) is 0 Å². The van der Waals surface area contributed by atoms with Crippen molar-refractivity contribution >= 4 is 28.9 Å². The Morgan fingerprint density at radius 1 is 0.941 bits per heavy atom. The Bertz CT molecular complexity index is 1260. The van der Waals surface area contributed by atoms with Crippen LogP contribution in [0.1, 0.15) is 35.7 Å². The molecule has 0 saturated heterocycles. The summed E-state index contributed by atoms with van der Waals surface area (Å²) in [5.41, 5.74) is 3.80. The second kappa shape index (κ2) is 10.2. The topological polar surface area (TPSA) is 88.0 Å². The fraction of sp³-hybridized carbons (Fsp3) is 0.231. The molecular weight excluding hydrogens is 426 g/mol. The van der Waals surface area contributed by atoms with E-state index in [0.29, 0.717) is 17.1 Å². The van der Waals surface area contributed by atoms with E-state index in [1.807, 2.05) is 74.5 Å². The number of hydrogen-bond acceptors (Lipinski definition) is 6. The van der Waals surface area contributed by atoms with Crippen molar-refractivity contribution in [2.45, 2.75) is 27.7 Å². The largest absolute Gasteiger partial charge is 0.357 e. The highest BCUT2D eigenvalue weighted by molar-refractivity contribution is 6.05. The summed E-state index contributed by atoms with van der Waals surface area (Å²) in [7, 11) is 0. The number of aryl methyl sites for hydroxylation is 1. The van der Waals surface area contributed by atoms with Gasteiger partial charge in [0.05, 0.1) is 23.1 Å². The first-order chi connectivity index (χ1) is 16.5. The molecule has 0 aliphatic heterocycles. The molecule has 34 heavy (non-hydrogen) atoms. The molecule has 8 heteroatoms. The molecule has 2 heterocycles. The zero-order valence-corrected chi connectivity index (χ0v) is 19.9. The van der Waals surface area contributed by atoms with Crippen molar-refractivity contribution in [3.8, 4) is 5.69 Å². The quantitative estimate of drug-likeness (QED) is 0.383. The van der Waals surface area contributed by atoms with Crippen molar-refractivity contribution in [3.63, 3.8) is 0 Å². The Balaban J connectivity index is 1.45. The number of nitrogens with zero attached hydrogens (tertiary/aromatic N) is 5. The van der Waals surface area contributed by atoms with Crippen LogP contribution in [-0.2, 0) is 0 Å². The van der Waals surface area contributed by atoms with E-state index in [4.69, 9.17) is 0 Å². The average molecular weight is 456 g/mol. The van der Waals surface area contributed by atoms with Gasteiger partial charge in [0.25, 0.3) is 5.91 Å². The van der Waals surface area contributed by atoms with E-state index in [1.54, 1.807) is 10.9 Å². The fourth-order valence-electron chi connectivity index (χ4n) is 3.77. The van der Waals surface area contributed by atoms with Crippen LogP contribution in [0.25, 0.3) is 5.69 Å². The first-order valence-electron chi connectivity index (χ1n) is 11.4. The van der Waals surface area contributed by atoms with E-state index in [2.05, 4.69) is 44.4 Å². The molecule has 0 fully saturated rings. The van der Waals surface area contributed by atoms with E-state index in [0.717, 1.165) is 41.8 Å². The number of aromatic nitrogens is 4. The van der Waals surface area contributed by atoms with Gasteiger partial charge in [-0.3, -0.25) is 4.79 Å². The minimum atomic E-state index is -0.198. The minimum absolute atomic E-state index is 0.198. The van der Waals surface area contributed by atoms with E-state index >= 15 is 0 Å². The van der Waals surface area contributed by atoms with E-state index < -0.39 is 0 Å². The second-order valence-electron chi connectivity index (χ2n) is 7.88. The van der Waals surface area contributed by atoms with Crippen LogP contribution in [0.15, 0.2) is 66.9 Å². The third-order valence-electron chi connectivity index (χ3n) is 5.58. The van der Waals surface area contributed by atoms with Gasteiger partial charge < -0.3 is 15.5 Å². The Morgan fingerprint density at radius 3 is 2.29 bits per heavy atom. The van der Waals surface area contributed by atoms with Crippen LogP contribution in [0.3, 0.4) is 0 Å². The molecule has 0 atom stereocenters. The Morgan fingerprint density at radius 2 is 1.62 bits per heavy atom. The molecule has 8 nitrogen and oxygen atoms in total. The summed E-state index contributed by atoms with van der Waals surface area (Å²) in [6.45, 7) is 9.75. The number of rotatable bonds is 8. The Labute approximate surface area is 199 Å². The molecule has 0 radical (unpaired) electrons. The first kappa shape index (κ1) is 23.0. The lowest BCUT2D eigenvalue weighted by Crippen LogP contribution is -2.23. The molecule has 0 aliphatic carbocycles. The van der Waals surface area contributed by atoms with Crippen molar-refractivity contribution in [1.29, 1.82) is 0 Å². The monoisotopic (exact) mass is 455 g/mol. The van der Waals surface area contributed by atoms with Gasteiger partial charge in [-0.05, 0) is 64.1 Å². The van der Waals surface area contributed by atoms with Gasteiger partial charge in [-0.15, -0.1) is 0 Å². The van der Waals surface area contributed by atoms with Crippen molar-refractivity contribution in [1.82, 2.24) is 19.7 Å². The van der Waals surface area contributed by atoms with Gasteiger partial charge in [0.1, 0.15) is 17.5 Å². The molecule has 4 rings (SSSR count). The van der Waals surface area contributed by atoms with Gasteiger partial charge in [0, 0.05) is 30.5 Å². The van der Waals surface area contributed by atoms with Crippen LogP contribution < -0.4 is 15.5 Å². The number of benzene rings is 2. The number of carbonyl (C=O) groups excluding carboxylic acids is 1.